The molecule has 0 heterocycles. The van der Waals surface area contributed by atoms with E-state index in [0.29, 0.717) is 37.3 Å². The van der Waals surface area contributed by atoms with Gasteiger partial charge in [-0.05, 0) is 0 Å². The van der Waals surface area contributed by atoms with Gasteiger partial charge in [0, 0.05) is 37.3 Å². The van der Waals surface area contributed by atoms with Crippen LogP contribution in [0.4, 0.5) is 0 Å². The molecule has 86 valence electrons. The quantitative estimate of drug-likeness (QED) is 0.525. The summed E-state index contributed by atoms with van der Waals surface area (Å²) in [4.78, 5) is 0. The first-order chi connectivity index (χ1) is 6.58. The highest BCUT2D eigenvalue weighted by Crippen LogP contribution is 2.35. The molecule has 3 N–H and O–H groups in total. The lowest BCUT2D eigenvalue weighted by Gasteiger charge is -2.27. The summed E-state index contributed by atoms with van der Waals surface area (Å²) in [5, 5.41) is 2.69. The summed E-state index contributed by atoms with van der Waals surface area (Å²) < 4.78 is 13.4. The van der Waals surface area contributed by atoms with Gasteiger partial charge < -0.3 is 0 Å². The van der Waals surface area contributed by atoms with Crippen LogP contribution in [0, 0.1) is 0 Å². The van der Waals surface area contributed by atoms with Crippen LogP contribution in [0.5, 0.6) is 0 Å². The van der Waals surface area contributed by atoms with E-state index in [1.807, 2.05) is 0 Å². The van der Waals surface area contributed by atoms with Gasteiger partial charge in [-0.1, -0.05) is 0 Å². The zero-order valence-corrected chi connectivity index (χ0v) is 10.9. The average Bonchev–Trinajstić information content (AvgIpc) is 2.14. The molecule has 8 heteroatoms. The molecule has 0 aliphatic rings. The summed E-state index contributed by atoms with van der Waals surface area (Å²) in [5.41, 5.74) is 5.61. The van der Waals surface area contributed by atoms with Gasteiger partial charge in [0.25, 0.3) is 7.59 Å². The van der Waals surface area contributed by atoms with Crippen molar-refractivity contribution in [3.05, 3.63) is 0 Å². The number of nitrogens with two attached hydrogens (primary N) is 1. The lowest BCUT2D eigenvalue weighted by molar-refractivity contribution is 0.437. The fourth-order valence-electron chi connectivity index (χ4n) is 0.906. The second-order valence-corrected chi connectivity index (χ2v) is 5.81. The molecular formula is C6H15Cl3N3OP. The Labute approximate surface area is 99.6 Å². The van der Waals surface area contributed by atoms with Crippen LogP contribution >= 0.6 is 42.4 Å². The Hall–Kier alpha value is 0.980. The van der Waals surface area contributed by atoms with Crippen molar-refractivity contribution in [2.45, 2.75) is 0 Å². The molecule has 0 aromatic rings. The molecule has 0 saturated heterocycles. The summed E-state index contributed by atoms with van der Waals surface area (Å²) in [7, 11) is -3.02. The first kappa shape index (κ1) is 15.0. The number of halogens is 3. The smallest absolute Gasteiger partial charge is 0.271 e. The first-order valence-corrected chi connectivity index (χ1v) is 7.48. The van der Waals surface area contributed by atoms with Crippen molar-refractivity contribution in [2.75, 3.05) is 37.3 Å². The second kappa shape index (κ2) is 8.17. The molecule has 0 fully saturated rings. The Morgan fingerprint density at radius 1 is 1.14 bits per heavy atom. The Bertz CT molecular complexity index is 189. The number of hydrogen-bond acceptors (Lipinski definition) is 1. The predicted octanol–water partition coefficient (Wildman–Crippen LogP) is 1.66. The maximum Gasteiger partial charge on any atom is 0.279 e. The molecule has 1 unspecified atom stereocenters. The first-order valence-electron chi connectivity index (χ1n) is 4.15. The molecule has 0 saturated carbocycles. The molecule has 1 atom stereocenters. The zero-order chi connectivity index (χ0) is 11.0. The molecule has 4 nitrogen and oxygen atoms in total. The van der Waals surface area contributed by atoms with Crippen LogP contribution in [0.1, 0.15) is 0 Å². The van der Waals surface area contributed by atoms with E-state index in [0.717, 1.165) is 0 Å². The third kappa shape index (κ3) is 5.76. The van der Waals surface area contributed by atoms with Crippen molar-refractivity contribution in [2.24, 2.45) is 5.50 Å². The van der Waals surface area contributed by atoms with Crippen molar-refractivity contribution < 1.29 is 4.57 Å². The van der Waals surface area contributed by atoms with Gasteiger partial charge in [0.15, 0.2) is 0 Å². The fraction of sp³-hybridized carbons (Fsp3) is 1.00. The largest absolute Gasteiger partial charge is 0.279 e. The van der Waals surface area contributed by atoms with Crippen molar-refractivity contribution in [1.82, 2.24) is 9.76 Å². The van der Waals surface area contributed by atoms with E-state index in [-0.39, 0.29) is 0 Å². The van der Waals surface area contributed by atoms with Gasteiger partial charge in [-0.3, -0.25) is 10.1 Å². The molecule has 0 aromatic heterocycles. The van der Waals surface area contributed by atoms with Crippen LogP contribution < -0.4 is 10.6 Å². The summed E-state index contributed by atoms with van der Waals surface area (Å²) in [6, 6.07) is 0. The molecular weight excluding hydrogens is 267 g/mol. The lowest BCUT2D eigenvalue weighted by Crippen LogP contribution is -2.35. The van der Waals surface area contributed by atoms with Gasteiger partial charge in [0.2, 0.25) is 0 Å². The van der Waals surface area contributed by atoms with E-state index in [9.17, 15) is 4.57 Å². The highest BCUT2D eigenvalue weighted by Gasteiger charge is 2.23. The number of nitrogens with one attached hydrogen (secondary N) is 1. The van der Waals surface area contributed by atoms with E-state index in [1.165, 1.54) is 0 Å². The Morgan fingerprint density at radius 3 is 2.00 bits per heavy atom. The summed E-state index contributed by atoms with van der Waals surface area (Å²) >= 11 is 16.6. The fourth-order valence-corrected chi connectivity index (χ4v) is 3.20. The van der Waals surface area contributed by atoms with Crippen LogP contribution in [0.25, 0.3) is 0 Å². The zero-order valence-electron chi connectivity index (χ0n) is 7.76. The van der Waals surface area contributed by atoms with Crippen LogP contribution in [-0.4, -0.2) is 41.9 Å². The Morgan fingerprint density at radius 2 is 1.64 bits per heavy atom. The SMILES string of the molecule is NP(=O)(NCCCl)N(CCCl)CCCl. The number of hydrogen-bond donors (Lipinski definition) is 2. The number of rotatable bonds is 8. The highest BCUT2D eigenvalue weighted by atomic mass is 35.5. The van der Waals surface area contributed by atoms with Crippen molar-refractivity contribution in [3.8, 4) is 0 Å². The minimum Gasteiger partial charge on any atom is -0.271 e. The Kier molecular flexibility index (Phi) is 8.74. The van der Waals surface area contributed by atoms with Gasteiger partial charge in [-0.15, -0.1) is 34.8 Å². The maximum atomic E-state index is 11.9. The molecule has 0 rings (SSSR count). The van der Waals surface area contributed by atoms with Crippen molar-refractivity contribution >= 4 is 42.4 Å². The summed E-state index contributed by atoms with van der Waals surface area (Å²) in [6.07, 6.45) is 0. The molecule has 0 bridgehead atoms. The van der Waals surface area contributed by atoms with E-state index < -0.39 is 7.59 Å². The number of nitrogens with zero attached hydrogens (tertiary/aromatic N) is 1. The molecule has 0 aliphatic heterocycles. The van der Waals surface area contributed by atoms with Gasteiger partial charge in [-0.25, -0.2) is 9.76 Å². The Balaban J connectivity index is 4.21. The van der Waals surface area contributed by atoms with Crippen molar-refractivity contribution in [3.63, 3.8) is 0 Å². The third-order valence-electron chi connectivity index (χ3n) is 1.54. The molecule has 0 radical (unpaired) electrons. The van der Waals surface area contributed by atoms with Gasteiger partial charge >= 0.3 is 0 Å². The molecule has 0 amide bonds. The minimum absolute atomic E-state index is 0.358. The second-order valence-electron chi connectivity index (χ2n) is 2.55. The van der Waals surface area contributed by atoms with Gasteiger partial charge in [0.1, 0.15) is 0 Å². The summed E-state index contributed by atoms with van der Waals surface area (Å²) in [5.74, 6) is 1.08. The molecule has 0 aromatic carbocycles. The number of alkyl halides is 3. The van der Waals surface area contributed by atoms with E-state index in [2.05, 4.69) is 5.09 Å². The topological polar surface area (TPSA) is 58.4 Å². The van der Waals surface area contributed by atoms with Gasteiger partial charge in [-0.2, -0.15) is 0 Å². The maximum absolute atomic E-state index is 11.9. The van der Waals surface area contributed by atoms with Gasteiger partial charge in [0.05, 0.1) is 0 Å². The van der Waals surface area contributed by atoms with Crippen LogP contribution in [0.15, 0.2) is 0 Å². The monoisotopic (exact) mass is 281 g/mol. The average molecular weight is 283 g/mol. The predicted molar refractivity (Wildman–Crippen MR) is 63.5 cm³/mol. The highest BCUT2D eigenvalue weighted by molar-refractivity contribution is 7.56. The lowest BCUT2D eigenvalue weighted by atomic mass is 10.6. The minimum atomic E-state index is -3.02. The molecule has 0 aliphatic carbocycles. The summed E-state index contributed by atoms with van der Waals surface area (Å²) in [6.45, 7) is 1.28. The van der Waals surface area contributed by atoms with Crippen LogP contribution in [0.2, 0.25) is 0 Å². The molecule has 14 heavy (non-hydrogen) atoms. The van der Waals surface area contributed by atoms with Crippen molar-refractivity contribution in [1.29, 1.82) is 0 Å². The third-order valence-corrected chi connectivity index (χ3v) is 3.98. The molecule has 0 spiro atoms. The van der Waals surface area contributed by atoms with Crippen LogP contribution in [-0.2, 0) is 4.57 Å². The van der Waals surface area contributed by atoms with E-state index in [4.69, 9.17) is 40.3 Å². The van der Waals surface area contributed by atoms with E-state index in [1.54, 1.807) is 4.67 Å². The standard InChI is InChI=1S/C6H15Cl3N3OP/c7-1-4-11-14(10,13)12(5-2-8)6-3-9/h1-6H2,(H3,10,11,13). The van der Waals surface area contributed by atoms with E-state index >= 15 is 0 Å². The normalized spacial score (nSPS) is 15.8. The van der Waals surface area contributed by atoms with Crippen LogP contribution in [0.3, 0.4) is 0 Å².